The highest BCUT2D eigenvalue weighted by molar-refractivity contribution is 5.41. The van der Waals surface area contributed by atoms with E-state index in [9.17, 15) is 0 Å². The van der Waals surface area contributed by atoms with E-state index in [0.717, 1.165) is 17.9 Å². The van der Waals surface area contributed by atoms with E-state index in [1.807, 2.05) is 24.3 Å². The Hall–Kier alpha value is -1.18. The van der Waals surface area contributed by atoms with Crippen LogP contribution in [0.4, 0.5) is 0 Å². The van der Waals surface area contributed by atoms with Crippen LogP contribution in [-0.4, -0.2) is 12.2 Å². The molecule has 1 aromatic carbocycles. The summed E-state index contributed by atoms with van der Waals surface area (Å²) in [5.41, 5.74) is -0.191. The molecule has 0 bridgehead atoms. The van der Waals surface area contributed by atoms with Gasteiger partial charge in [0.25, 0.3) is 0 Å². The molecule has 0 spiro atoms. The van der Waals surface area contributed by atoms with Crippen molar-refractivity contribution in [3.8, 4) is 11.5 Å². The van der Waals surface area contributed by atoms with Gasteiger partial charge in [0.1, 0.15) is 12.2 Å². The molecule has 0 saturated heterocycles. The minimum atomic E-state index is -0.191. The van der Waals surface area contributed by atoms with Crippen molar-refractivity contribution in [2.75, 3.05) is 6.61 Å². The zero-order valence-electron chi connectivity index (χ0n) is 9.62. The minimum Gasteiger partial charge on any atom is -0.486 e. The van der Waals surface area contributed by atoms with Gasteiger partial charge >= 0.3 is 0 Å². The van der Waals surface area contributed by atoms with Crippen LogP contribution in [0.25, 0.3) is 0 Å². The summed E-state index contributed by atoms with van der Waals surface area (Å²) in [6.45, 7) is 7.15. The molecular formula is C13H18O2. The lowest BCUT2D eigenvalue weighted by Crippen LogP contribution is -2.47. The molecule has 0 aromatic heterocycles. The van der Waals surface area contributed by atoms with E-state index in [2.05, 4.69) is 20.8 Å². The highest BCUT2D eigenvalue weighted by Gasteiger charge is 2.37. The number of benzene rings is 1. The number of fused-ring (bicyclic) bond motifs is 1. The van der Waals surface area contributed by atoms with Gasteiger partial charge in [-0.05, 0) is 31.4 Å². The molecule has 15 heavy (non-hydrogen) atoms. The Bertz CT molecular complexity index is 348. The molecular weight excluding hydrogens is 188 g/mol. The maximum Gasteiger partial charge on any atom is 0.162 e. The maximum absolute atomic E-state index is 6.05. The number of para-hydroxylation sites is 2. The molecule has 2 rings (SSSR count). The Morgan fingerprint density at radius 2 is 2.00 bits per heavy atom. The summed E-state index contributed by atoms with van der Waals surface area (Å²) in [5.74, 6) is 2.22. The van der Waals surface area contributed by atoms with Crippen molar-refractivity contribution in [1.82, 2.24) is 0 Å². The summed E-state index contributed by atoms with van der Waals surface area (Å²) in [4.78, 5) is 0. The fourth-order valence-electron chi connectivity index (χ4n) is 1.83. The summed E-state index contributed by atoms with van der Waals surface area (Å²) in [6.07, 6.45) is 1.10. The molecule has 0 radical (unpaired) electrons. The van der Waals surface area contributed by atoms with Crippen LogP contribution in [0.15, 0.2) is 24.3 Å². The molecule has 0 amide bonds. The average molecular weight is 206 g/mol. The summed E-state index contributed by atoms with van der Waals surface area (Å²) >= 11 is 0. The quantitative estimate of drug-likeness (QED) is 0.739. The van der Waals surface area contributed by atoms with Crippen molar-refractivity contribution < 1.29 is 9.47 Å². The average Bonchev–Trinajstić information content (AvgIpc) is 2.27. The predicted molar refractivity (Wildman–Crippen MR) is 60.4 cm³/mol. The third kappa shape index (κ3) is 1.81. The largest absolute Gasteiger partial charge is 0.486 e. The van der Waals surface area contributed by atoms with Crippen molar-refractivity contribution in [2.45, 2.75) is 32.8 Å². The van der Waals surface area contributed by atoms with Crippen LogP contribution in [0, 0.1) is 5.92 Å². The fraction of sp³-hybridized carbons (Fsp3) is 0.538. The molecule has 0 N–H and O–H groups in total. The van der Waals surface area contributed by atoms with Gasteiger partial charge in [0.05, 0.1) is 0 Å². The van der Waals surface area contributed by atoms with Crippen molar-refractivity contribution >= 4 is 0 Å². The molecule has 1 heterocycles. The third-order valence-electron chi connectivity index (χ3n) is 3.36. The van der Waals surface area contributed by atoms with E-state index < -0.39 is 0 Å². The molecule has 0 saturated carbocycles. The molecule has 2 atom stereocenters. The van der Waals surface area contributed by atoms with Crippen LogP contribution < -0.4 is 9.47 Å². The van der Waals surface area contributed by atoms with E-state index in [1.54, 1.807) is 0 Å². The van der Waals surface area contributed by atoms with E-state index in [4.69, 9.17) is 9.47 Å². The van der Waals surface area contributed by atoms with Crippen LogP contribution in [-0.2, 0) is 0 Å². The predicted octanol–water partition coefficient (Wildman–Crippen LogP) is 3.26. The summed E-state index contributed by atoms with van der Waals surface area (Å²) in [7, 11) is 0. The van der Waals surface area contributed by atoms with E-state index in [1.165, 1.54) is 0 Å². The smallest absolute Gasteiger partial charge is 0.162 e. The van der Waals surface area contributed by atoms with Gasteiger partial charge < -0.3 is 9.47 Å². The van der Waals surface area contributed by atoms with E-state index in [0.29, 0.717) is 12.5 Å². The first-order valence-corrected chi connectivity index (χ1v) is 5.56. The Labute approximate surface area is 91.2 Å². The SMILES string of the molecule is CC[C@@H](C)C1(C)COc2ccccc2O1. The number of rotatable bonds is 2. The van der Waals surface area contributed by atoms with Gasteiger partial charge in [-0.25, -0.2) is 0 Å². The zero-order valence-corrected chi connectivity index (χ0v) is 9.62. The van der Waals surface area contributed by atoms with Crippen LogP contribution in [0.5, 0.6) is 11.5 Å². The topological polar surface area (TPSA) is 18.5 Å². The monoisotopic (exact) mass is 206 g/mol. The first kappa shape index (κ1) is 10.3. The second-order valence-electron chi connectivity index (χ2n) is 4.46. The number of hydrogen-bond acceptors (Lipinski definition) is 2. The molecule has 1 aliphatic rings. The number of hydrogen-bond donors (Lipinski definition) is 0. The fourth-order valence-corrected chi connectivity index (χ4v) is 1.83. The van der Waals surface area contributed by atoms with Crippen LogP contribution in [0.2, 0.25) is 0 Å². The normalized spacial score (nSPS) is 26.1. The van der Waals surface area contributed by atoms with Crippen LogP contribution in [0.3, 0.4) is 0 Å². The lowest BCUT2D eigenvalue weighted by atomic mass is 9.88. The highest BCUT2D eigenvalue weighted by Crippen LogP contribution is 2.38. The lowest BCUT2D eigenvalue weighted by Gasteiger charge is -2.39. The van der Waals surface area contributed by atoms with Gasteiger partial charge in [-0.1, -0.05) is 26.0 Å². The van der Waals surface area contributed by atoms with Gasteiger partial charge in [-0.2, -0.15) is 0 Å². The van der Waals surface area contributed by atoms with Gasteiger partial charge in [-0.15, -0.1) is 0 Å². The highest BCUT2D eigenvalue weighted by atomic mass is 16.6. The van der Waals surface area contributed by atoms with Crippen molar-refractivity contribution in [2.24, 2.45) is 5.92 Å². The molecule has 1 aliphatic heterocycles. The maximum atomic E-state index is 6.05. The summed E-state index contributed by atoms with van der Waals surface area (Å²) in [6, 6.07) is 7.86. The van der Waals surface area contributed by atoms with Crippen molar-refractivity contribution in [3.63, 3.8) is 0 Å². The molecule has 1 unspecified atom stereocenters. The van der Waals surface area contributed by atoms with Crippen molar-refractivity contribution in [3.05, 3.63) is 24.3 Å². The van der Waals surface area contributed by atoms with Gasteiger partial charge in [0.2, 0.25) is 0 Å². The van der Waals surface area contributed by atoms with E-state index >= 15 is 0 Å². The second kappa shape index (κ2) is 3.76. The Kier molecular flexibility index (Phi) is 2.59. The first-order valence-electron chi connectivity index (χ1n) is 5.56. The molecule has 82 valence electrons. The molecule has 2 nitrogen and oxygen atoms in total. The van der Waals surface area contributed by atoms with Crippen LogP contribution >= 0.6 is 0 Å². The van der Waals surface area contributed by atoms with Gasteiger partial charge in [0, 0.05) is 0 Å². The van der Waals surface area contributed by atoms with Crippen LogP contribution in [0.1, 0.15) is 27.2 Å². The lowest BCUT2D eigenvalue weighted by molar-refractivity contribution is -0.0349. The molecule has 0 fully saturated rings. The first-order chi connectivity index (χ1) is 7.15. The Balaban J connectivity index is 2.24. The summed E-state index contributed by atoms with van der Waals surface area (Å²) in [5, 5.41) is 0. The Morgan fingerprint density at radius 1 is 1.33 bits per heavy atom. The third-order valence-corrected chi connectivity index (χ3v) is 3.36. The number of ether oxygens (including phenoxy) is 2. The molecule has 0 aliphatic carbocycles. The standard InChI is InChI=1S/C13H18O2/c1-4-10(2)13(3)9-14-11-7-5-6-8-12(11)15-13/h5-8,10H,4,9H2,1-3H3/t10-,13?/m1/s1. The zero-order chi connectivity index (χ0) is 10.9. The van der Waals surface area contributed by atoms with Gasteiger partial charge in [0.15, 0.2) is 11.5 Å². The van der Waals surface area contributed by atoms with E-state index in [-0.39, 0.29) is 5.60 Å². The molecule has 2 heteroatoms. The van der Waals surface area contributed by atoms with Crippen molar-refractivity contribution in [1.29, 1.82) is 0 Å². The molecule has 1 aromatic rings. The minimum absolute atomic E-state index is 0.191. The summed E-state index contributed by atoms with van der Waals surface area (Å²) < 4.78 is 11.8. The second-order valence-corrected chi connectivity index (χ2v) is 4.46. The van der Waals surface area contributed by atoms with Gasteiger partial charge in [-0.3, -0.25) is 0 Å². The Morgan fingerprint density at radius 3 is 2.67 bits per heavy atom.